The number of nitrogens with two attached hydrogens (primary N) is 1. The molecule has 1 aliphatic heterocycles. The van der Waals surface area contributed by atoms with Gasteiger partial charge in [0.15, 0.2) is 18.4 Å². The molecule has 4 aromatic rings. The van der Waals surface area contributed by atoms with Gasteiger partial charge in [-0.1, -0.05) is 0 Å². The number of ketones is 1. The second-order valence-corrected chi connectivity index (χ2v) is 20.2. The highest BCUT2D eigenvalue weighted by Crippen LogP contribution is 2.15. The number of carboxylic acid groups (broad SMARTS) is 1. The number of H-pyrrole nitrogens is 1. The number of aryl methyl sites for hydroxylation is 2. The molecule has 0 unspecified atom stereocenters. The summed E-state index contributed by atoms with van der Waals surface area (Å²) in [6, 6.07) is 0.636. The Morgan fingerprint density at radius 1 is 0.610 bits per heavy atom. The largest absolute Gasteiger partial charge is 0.481 e. The number of hydrogen-bond acceptors (Lipinski definition) is 14. The maximum atomic E-state index is 11.9. The summed E-state index contributed by atoms with van der Waals surface area (Å²) in [5.41, 5.74) is 5.79. The number of hydrogen-bond donors (Lipinski definition) is 5. The number of rotatable bonds is 27. The zero-order valence-corrected chi connectivity index (χ0v) is 52.0. The summed E-state index contributed by atoms with van der Waals surface area (Å²) in [4.78, 5) is 93.2. The van der Waals surface area contributed by atoms with Gasteiger partial charge in [0.05, 0.1) is 13.2 Å². The van der Waals surface area contributed by atoms with Crippen molar-refractivity contribution in [1.82, 2.24) is 47.6 Å². The summed E-state index contributed by atoms with van der Waals surface area (Å²) < 4.78 is 37.1. The first-order chi connectivity index (χ1) is 38.8. The highest BCUT2D eigenvalue weighted by molar-refractivity contribution is 5.94. The van der Waals surface area contributed by atoms with Crippen LogP contribution < -0.4 is 39.1 Å². The number of fused-ring (bicyclic) bond motifs is 1. The van der Waals surface area contributed by atoms with Gasteiger partial charge in [-0.3, -0.25) is 46.4 Å². The SMILES string of the molecule is CC(C)n1cc2n(c1=O)CCCCC2=O.CC(C)n1cc[nH]c1=O.CC(C)n1ccn(CCCCC(=O)O)c1=O.CCOC(=O)CCCCn1ccn(C(C)C)c1=O.CCOC(CN)OCC.CCOC(CNC(=O)NC(C)C)OCC. The minimum atomic E-state index is -0.785. The lowest BCUT2D eigenvalue weighted by molar-refractivity contribution is -0.143. The Bertz CT molecular complexity index is 2580. The van der Waals surface area contributed by atoms with Crippen LogP contribution in [-0.4, -0.2) is 131 Å². The number of aliphatic carboxylic acids is 1. The molecule has 82 heavy (non-hydrogen) atoms. The van der Waals surface area contributed by atoms with Gasteiger partial charge in [0, 0.05) is 145 Å². The lowest BCUT2D eigenvalue weighted by Gasteiger charge is -2.18. The fourth-order valence-corrected chi connectivity index (χ4v) is 7.64. The highest BCUT2D eigenvalue weighted by atomic mass is 16.7. The average molecular weight is 1170 g/mol. The fraction of sp³-hybridized carbons (Fsp3) is 0.719. The Morgan fingerprint density at radius 2 is 1.10 bits per heavy atom. The molecule has 0 bridgehead atoms. The molecule has 0 fully saturated rings. The number of ether oxygens (including phenoxy) is 5. The van der Waals surface area contributed by atoms with Crippen molar-refractivity contribution < 1.29 is 48.0 Å². The van der Waals surface area contributed by atoms with Crippen molar-refractivity contribution in [3.05, 3.63) is 91.0 Å². The molecule has 5 heterocycles. The monoisotopic (exact) mass is 1170 g/mol. The molecule has 0 spiro atoms. The van der Waals surface area contributed by atoms with Crippen molar-refractivity contribution in [1.29, 1.82) is 0 Å². The molecule has 0 radical (unpaired) electrons. The smallest absolute Gasteiger partial charge is 0.328 e. The summed E-state index contributed by atoms with van der Waals surface area (Å²) in [7, 11) is 0. The number of urea groups is 1. The maximum Gasteiger partial charge on any atom is 0.328 e. The highest BCUT2D eigenvalue weighted by Gasteiger charge is 2.21. The number of carbonyl (C=O) groups excluding carboxylic acids is 3. The Morgan fingerprint density at radius 3 is 1.49 bits per heavy atom. The minimum Gasteiger partial charge on any atom is -0.481 e. The minimum absolute atomic E-state index is 0.0149. The van der Waals surface area contributed by atoms with E-state index in [2.05, 4.69) is 15.6 Å². The topological polar surface area (TPSA) is 303 Å². The van der Waals surface area contributed by atoms with Crippen molar-refractivity contribution in [2.75, 3.05) is 46.1 Å². The number of Topliss-reactive ketones (excluding diaryl/α,β-unsaturated/α-hetero) is 1. The zero-order chi connectivity index (χ0) is 62.3. The molecular weight excluding hydrogens is 1060 g/mol. The van der Waals surface area contributed by atoms with Crippen LogP contribution in [0, 0.1) is 0 Å². The van der Waals surface area contributed by atoms with E-state index in [0.717, 1.165) is 25.7 Å². The molecule has 25 nitrogen and oxygen atoms in total. The second-order valence-electron chi connectivity index (χ2n) is 20.2. The van der Waals surface area contributed by atoms with Crippen LogP contribution in [-0.2, 0) is 52.9 Å². The van der Waals surface area contributed by atoms with Gasteiger partial charge in [-0.25, -0.2) is 24.0 Å². The third kappa shape index (κ3) is 30.7. The van der Waals surface area contributed by atoms with Gasteiger partial charge in [0.25, 0.3) is 0 Å². The second kappa shape index (κ2) is 43.4. The van der Waals surface area contributed by atoms with E-state index < -0.39 is 5.97 Å². The van der Waals surface area contributed by atoms with Crippen molar-refractivity contribution in [2.45, 2.75) is 224 Å². The number of carbonyl (C=O) groups is 4. The van der Waals surface area contributed by atoms with E-state index in [1.54, 1.807) is 82.3 Å². The molecule has 6 N–H and O–H groups in total. The fourth-order valence-electron chi connectivity index (χ4n) is 7.64. The maximum absolute atomic E-state index is 11.9. The van der Waals surface area contributed by atoms with Gasteiger partial charge in [-0.05, 0) is 142 Å². The molecule has 0 aliphatic carbocycles. The van der Waals surface area contributed by atoms with Crippen LogP contribution in [0.15, 0.2) is 62.6 Å². The summed E-state index contributed by atoms with van der Waals surface area (Å²) >= 11 is 0. The van der Waals surface area contributed by atoms with Crippen molar-refractivity contribution in [2.24, 2.45) is 5.73 Å². The van der Waals surface area contributed by atoms with E-state index in [1.165, 1.54) is 0 Å². The lowest BCUT2D eigenvalue weighted by Crippen LogP contribution is -2.43. The third-order valence-corrected chi connectivity index (χ3v) is 11.8. The van der Waals surface area contributed by atoms with Gasteiger partial charge in [0.2, 0.25) is 0 Å². The van der Waals surface area contributed by atoms with Crippen LogP contribution in [0.3, 0.4) is 0 Å². The van der Waals surface area contributed by atoms with Gasteiger partial charge in [-0.2, -0.15) is 0 Å². The van der Waals surface area contributed by atoms with E-state index in [0.29, 0.717) is 97.1 Å². The zero-order valence-electron chi connectivity index (χ0n) is 52.0. The molecule has 470 valence electrons. The molecule has 0 saturated carbocycles. The Labute approximate surface area is 484 Å². The Hall–Kier alpha value is -6.28. The lowest BCUT2D eigenvalue weighted by atomic mass is 10.2. The summed E-state index contributed by atoms with van der Waals surface area (Å²) in [6.07, 6.45) is 17.5. The molecule has 0 aromatic carbocycles. The number of unbranched alkanes of at least 4 members (excludes halogenated alkanes) is 2. The van der Waals surface area contributed by atoms with Crippen molar-refractivity contribution in [3.63, 3.8) is 0 Å². The quantitative estimate of drug-likeness (QED) is 0.0223. The number of nitrogens with one attached hydrogen (secondary N) is 3. The van der Waals surface area contributed by atoms with E-state index in [1.807, 2.05) is 96.9 Å². The van der Waals surface area contributed by atoms with Crippen LogP contribution in [0.5, 0.6) is 0 Å². The molecule has 2 amide bonds. The Balaban J connectivity index is 0.000000975. The Kier molecular flexibility index (Phi) is 40.1. The molecule has 0 saturated heterocycles. The molecule has 1 aliphatic rings. The standard InChI is InChI=1S/C13H22N2O3.C11H18N2O3.C11H16N2O2.C10H22N2O3.C6H10N2O.C6H15NO2/c1-4-18-12(16)7-5-6-8-14-9-10-15(11(2)3)13(14)17;1-9(2)13-8-7-12(11(13)16)6-4-3-5-10(14)15;1-8(2)13-7-9-10(14)5-3-4-6-12(9)11(13)15;1-5-14-9(15-6-2)7-11-10(13)12-8(3)4;1-5(2)8-4-3-7-6(8)9;1-3-8-6(5-7)9-4-2/h9-11H,4-8H2,1-3H3;7-9H,3-6H2,1-2H3,(H,14,15);7-8H,3-6H2,1-2H3;8-9H,5-7H2,1-4H3,(H2,11,12,13);3-5H,1-2H3,(H,7,9);6H,3-5,7H2,1-2H3. The van der Waals surface area contributed by atoms with Crippen LogP contribution in [0.2, 0.25) is 0 Å². The van der Waals surface area contributed by atoms with Crippen molar-refractivity contribution >= 4 is 23.8 Å². The average Bonchev–Trinajstić information content (AvgIpc) is 4.29. The third-order valence-electron chi connectivity index (χ3n) is 11.8. The van der Waals surface area contributed by atoms with E-state index in [-0.39, 0.29) is 89.8 Å². The number of aromatic amines is 1. The number of carboxylic acids is 1. The van der Waals surface area contributed by atoms with Crippen LogP contribution in [0.1, 0.15) is 196 Å². The molecular formula is C57H103N11O14. The first kappa shape index (κ1) is 75.7. The molecule has 5 rings (SSSR count). The molecule has 4 aromatic heterocycles. The number of imidazole rings is 4. The first-order valence-electron chi connectivity index (χ1n) is 29.1. The van der Waals surface area contributed by atoms with E-state index >= 15 is 0 Å². The van der Waals surface area contributed by atoms with Crippen molar-refractivity contribution in [3.8, 4) is 0 Å². The van der Waals surface area contributed by atoms with Crippen LogP contribution in [0.4, 0.5) is 4.79 Å². The van der Waals surface area contributed by atoms with Gasteiger partial charge >= 0.3 is 40.7 Å². The predicted molar refractivity (Wildman–Crippen MR) is 318 cm³/mol. The number of nitrogens with zero attached hydrogens (tertiary/aromatic N) is 7. The van der Waals surface area contributed by atoms with Crippen LogP contribution in [0.25, 0.3) is 0 Å². The molecule has 0 atom stereocenters. The number of esters is 1. The van der Waals surface area contributed by atoms with Gasteiger partial charge < -0.3 is 50.1 Å². The number of aromatic nitrogens is 8. The predicted octanol–water partition coefficient (Wildman–Crippen LogP) is 7.24. The normalized spacial score (nSPS) is 11.9. The van der Waals surface area contributed by atoms with E-state index in [4.69, 9.17) is 34.5 Å². The van der Waals surface area contributed by atoms with Crippen LogP contribution >= 0.6 is 0 Å². The number of amides is 2. The summed E-state index contributed by atoms with van der Waals surface area (Å²) in [5.74, 6) is -0.847. The molecule has 25 heteroatoms. The summed E-state index contributed by atoms with van der Waals surface area (Å²) in [5, 5.41) is 13.9. The van der Waals surface area contributed by atoms with E-state index in [9.17, 15) is 38.4 Å². The summed E-state index contributed by atoms with van der Waals surface area (Å²) in [6.45, 7) is 34.5. The van der Waals surface area contributed by atoms with Gasteiger partial charge in [0.1, 0.15) is 5.69 Å². The first-order valence-corrected chi connectivity index (χ1v) is 29.1. The van der Waals surface area contributed by atoms with Gasteiger partial charge in [-0.15, -0.1) is 0 Å².